The van der Waals surface area contributed by atoms with Crippen molar-refractivity contribution in [2.24, 2.45) is 30.2 Å². The number of ether oxygens (including phenoxy) is 3. The zero-order valence-electron chi connectivity index (χ0n) is 39.5. The van der Waals surface area contributed by atoms with Gasteiger partial charge in [0.2, 0.25) is 11.8 Å². The first-order valence-electron chi connectivity index (χ1n) is 23.0. The zero-order chi connectivity index (χ0) is 45.7. The fraction of sp³-hybridized carbons (Fsp3) is 0.500. The van der Waals surface area contributed by atoms with Gasteiger partial charge in [0.25, 0.3) is 5.56 Å². The van der Waals surface area contributed by atoms with Crippen LogP contribution in [0.4, 0.5) is 5.82 Å². The molecular weight excluding hydrogens is 814 g/mol. The summed E-state index contributed by atoms with van der Waals surface area (Å²) in [5.74, 6) is 3.22. The number of hydrogen-bond acceptors (Lipinski definition) is 10. The number of fused-ring (bicyclic) bond motifs is 2. The van der Waals surface area contributed by atoms with Crippen LogP contribution in [0.15, 0.2) is 53.6 Å². The molecule has 0 bridgehead atoms. The smallest absolute Gasteiger partial charge is 0.496 e. The number of pyridine rings is 2. The van der Waals surface area contributed by atoms with Crippen molar-refractivity contribution in [3.05, 3.63) is 96.6 Å². The molecule has 13 heteroatoms. The number of methoxy groups -OCH3 is 2. The summed E-state index contributed by atoms with van der Waals surface area (Å²) in [7, 11) is 8.84. The van der Waals surface area contributed by atoms with E-state index in [0.29, 0.717) is 60.3 Å². The van der Waals surface area contributed by atoms with Crippen LogP contribution >= 0.6 is 0 Å². The number of rotatable bonds is 14. The Morgan fingerprint density at radius 2 is 1.54 bits per heavy atom. The molecule has 0 radical (unpaired) electrons. The first-order valence-corrected chi connectivity index (χ1v) is 23.0. The van der Waals surface area contributed by atoms with E-state index < -0.39 is 0 Å². The molecule has 344 valence electrons. The van der Waals surface area contributed by atoms with Crippen molar-refractivity contribution >= 4 is 34.2 Å². The predicted molar refractivity (Wildman–Crippen MR) is 252 cm³/mol. The summed E-state index contributed by atoms with van der Waals surface area (Å²) < 4.78 is 19.1. The Morgan fingerprint density at radius 1 is 0.877 bits per heavy atom. The maximum atomic E-state index is 13.3. The Balaban J connectivity index is 0.000000223. The molecule has 2 aliphatic carbocycles. The summed E-state index contributed by atoms with van der Waals surface area (Å²) in [5, 5.41) is 3.84. The van der Waals surface area contributed by atoms with Crippen LogP contribution in [0.2, 0.25) is 0 Å². The van der Waals surface area contributed by atoms with Crippen LogP contribution in [0.25, 0.3) is 21.9 Å². The van der Waals surface area contributed by atoms with Gasteiger partial charge in [-0.25, -0.2) is 4.98 Å². The third-order valence-corrected chi connectivity index (χ3v) is 14.3. The predicted octanol–water partition coefficient (Wildman–Crippen LogP) is 5.02. The molecule has 2 aromatic carbocycles. The topological polar surface area (TPSA) is 132 Å². The Labute approximate surface area is 397 Å². The normalized spacial score (nSPS) is 19.4. The van der Waals surface area contributed by atoms with Crippen molar-refractivity contribution in [2.45, 2.75) is 89.6 Å². The van der Waals surface area contributed by atoms with Crippen LogP contribution < -0.4 is 48.8 Å². The van der Waals surface area contributed by atoms with Crippen LogP contribution in [0.3, 0.4) is 0 Å². The number of nitrogens with zero attached hydrogens (tertiary/aromatic N) is 4. The van der Waals surface area contributed by atoms with E-state index >= 15 is 0 Å². The van der Waals surface area contributed by atoms with Gasteiger partial charge in [-0.05, 0) is 124 Å². The minimum Gasteiger partial charge on any atom is -0.496 e. The number of likely N-dealkylation sites (tertiary alicyclic amines) is 1. The quantitative estimate of drug-likeness (QED) is 0.105. The number of benzene rings is 2. The second kappa shape index (κ2) is 21.8. The summed E-state index contributed by atoms with van der Waals surface area (Å²) in [6.45, 7) is 15.6. The molecule has 12 nitrogen and oxygen atoms in total. The number of aromatic nitrogens is 2. The largest absolute Gasteiger partial charge is 1.00 e. The average molecular weight is 880 g/mol. The van der Waals surface area contributed by atoms with E-state index in [4.69, 9.17) is 14.2 Å². The molecule has 2 saturated heterocycles. The van der Waals surface area contributed by atoms with Gasteiger partial charge >= 0.3 is 18.9 Å². The van der Waals surface area contributed by atoms with Crippen LogP contribution in [0.5, 0.6) is 17.2 Å². The Hall–Kier alpha value is -4.63. The van der Waals surface area contributed by atoms with Gasteiger partial charge in [0.05, 0.1) is 25.7 Å². The molecule has 1 N–H and O–H groups in total. The summed E-state index contributed by atoms with van der Waals surface area (Å²) >= 11 is 0. The molecule has 2 atom stereocenters. The Morgan fingerprint density at radius 3 is 2.15 bits per heavy atom. The van der Waals surface area contributed by atoms with Crippen molar-refractivity contribution in [1.29, 1.82) is 0 Å². The maximum absolute atomic E-state index is 13.3. The number of amides is 2. The Bertz CT molecular complexity index is 2370. The summed E-state index contributed by atoms with van der Waals surface area (Å²) in [6.07, 6.45) is 14.9. The van der Waals surface area contributed by atoms with Crippen LogP contribution in [-0.2, 0) is 29.5 Å². The van der Waals surface area contributed by atoms with Crippen molar-refractivity contribution in [1.82, 2.24) is 19.8 Å². The van der Waals surface area contributed by atoms with E-state index in [2.05, 4.69) is 42.0 Å². The van der Waals surface area contributed by atoms with E-state index in [1.54, 1.807) is 32.0 Å². The van der Waals surface area contributed by atoms with Gasteiger partial charge in [0.15, 0.2) is 5.78 Å². The van der Waals surface area contributed by atoms with Crippen LogP contribution in [0.1, 0.15) is 92.1 Å². The van der Waals surface area contributed by atoms with E-state index in [0.717, 1.165) is 103 Å². The minimum atomic E-state index is -0.188. The summed E-state index contributed by atoms with van der Waals surface area (Å²) in [6, 6.07) is 11.9. The Kier molecular flexibility index (Phi) is 16.7. The van der Waals surface area contributed by atoms with Gasteiger partial charge < -0.3 is 49.3 Å². The number of piperidine rings is 2. The first-order chi connectivity index (χ1) is 30.8. The summed E-state index contributed by atoms with van der Waals surface area (Å²) in [5.41, 5.74) is 4.96. The molecule has 4 aromatic rings. The number of Topliss-reactive ketones (excluding diaryl/α,β-unsaturated/α-hetero) is 1. The van der Waals surface area contributed by atoms with Gasteiger partial charge in [-0.1, -0.05) is 12.0 Å². The molecule has 2 aromatic heterocycles. The molecule has 1 saturated carbocycles. The van der Waals surface area contributed by atoms with Gasteiger partial charge in [0, 0.05) is 73.9 Å². The number of anilines is 1. The van der Waals surface area contributed by atoms with Crippen LogP contribution in [0, 0.1) is 43.9 Å². The number of nitrogens with one attached hydrogen (secondary N) is 1. The van der Waals surface area contributed by atoms with E-state index in [-0.39, 0.29) is 60.0 Å². The maximum Gasteiger partial charge on any atom is 1.00 e. The second-order valence-electron chi connectivity index (χ2n) is 18.6. The second-order valence-corrected chi connectivity index (χ2v) is 18.6. The van der Waals surface area contributed by atoms with Gasteiger partial charge in [-0.2, -0.15) is 12.8 Å². The van der Waals surface area contributed by atoms with Crippen LogP contribution in [-0.4, -0.2) is 86.1 Å². The van der Waals surface area contributed by atoms with Crippen molar-refractivity contribution in [2.75, 3.05) is 52.8 Å². The van der Waals surface area contributed by atoms with Gasteiger partial charge in [-0.15, -0.1) is 6.42 Å². The summed E-state index contributed by atoms with van der Waals surface area (Å²) in [4.78, 5) is 58.3. The third-order valence-electron chi connectivity index (χ3n) is 14.3. The minimum absolute atomic E-state index is 0. The first kappa shape index (κ1) is 49.8. The average Bonchev–Trinajstić information content (AvgIpc) is 3.29. The number of imide groups is 1. The molecular formula is C52H66LiN5O7-2. The fourth-order valence-electron chi connectivity index (χ4n) is 10.2. The number of carbonyl (C=O) groups is 3. The van der Waals surface area contributed by atoms with Crippen molar-refractivity contribution in [3.63, 3.8) is 0 Å². The fourth-order valence-corrected chi connectivity index (χ4v) is 10.2. The molecule has 4 aliphatic rings. The molecule has 1 spiro atoms. The molecule has 2 aliphatic heterocycles. The SMILES string of the molecule is [CH2-]CC(C[CH2-])CN1CCC2(CC1)CC(Oc1ccc3c(c1)C(=O)C(CCC1CCC(=O)NC1=O)CC3)C2.[CH2-]Cc1c(OC)cc(-c2cn(C)c(=O)c3cnc(N(C)C)cc23)cc1OC.[Li+]. The van der Waals surface area contributed by atoms with Crippen molar-refractivity contribution < 1.29 is 47.5 Å². The molecule has 2 unspecified atom stereocenters. The van der Waals surface area contributed by atoms with E-state index in [1.165, 1.54) is 12.8 Å². The monoisotopic (exact) mass is 880 g/mol. The third kappa shape index (κ3) is 11.2. The molecule has 8 rings (SSSR count). The molecule has 2 amide bonds. The van der Waals surface area contributed by atoms with E-state index in [9.17, 15) is 19.2 Å². The van der Waals surface area contributed by atoms with Crippen molar-refractivity contribution in [3.8, 4) is 28.4 Å². The molecule has 3 fully saturated rings. The molecule has 4 heterocycles. The van der Waals surface area contributed by atoms with E-state index in [1.807, 2.05) is 55.5 Å². The van der Waals surface area contributed by atoms with Gasteiger partial charge in [0.1, 0.15) is 23.1 Å². The molecule has 65 heavy (non-hydrogen) atoms. The number of hydrogen-bond donors (Lipinski definition) is 1. The zero-order valence-corrected chi connectivity index (χ0v) is 39.5. The number of carbonyl (C=O) groups excluding carboxylic acids is 3. The standard InChI is InChI=1S/C31H42N2O4.C21H24N3O3.Li/c1-3-21(4-2)20-33-15-13-31(14-16-33)18-26(19-31)37-25-11-9-22-5-6-23(29(35)27(22)17-25)7-8-24-10-12-28(34)32-30(24)36;1-7-14-18(26-5)8-13(9-19(14)27-6)17-12-24(4)21(25)16-11-22-20(23(2)3)10-15(16)17;/h9,11,17,21,23-24,26H,1-8,10,12-16,18-20H2,(H,32,34,36);8-12H,1,7H2,2-6H3;/q-2;-1;+1. The van der Waals surface area contributed by atoms with Gasteiger partial charge in [-0.3, -0.25) is 24.5 Å². The number of aryl methyl sites for hydroxylation is 2. The number of ketones is 1.